The van der Waals surface area contributed by atoms with E-state index in [9.17, 15) is 4.79 Å². The number of carbonyl (C=O) groups excluding carboxylic acids is 1. The Kier molecular flexibility index (Phi) is 4.54. The van der Waals surface area contributed by atoms with Gasteiger partial charge in [0, 0.05) is 24.3 Å². The lowest BCUT2D eigenvalue weighted by Crippen LogP contribution is -2.34. The highest BCUT2D eigenvalue weighted by molar-refractivity contribution is 6.58. The van der Waals surface area contributed by atoms with Crippen LogP contribution in [0.3, 0.4) is 0 Å². The predicted molar refractivity (Wildman–Crippen MR) is 67.9 cm³/mol. The zero-order valence-electron chi connectivity index (χ0n) is 10.1. The van der Waals surface area contributed by atoms with Crippen molar-refractivity contribution < 1.29 is 14.8 Å². The maximum atomic E-state index is 12.0. The van der Waals surface area contributed by atoms with Crippen molar-refractivity contribution in [3.05, 3.63) is 23.8 Å². The molecule has 0 aliphatic heterocycles. The van der Waals surface area contributed by atoms with Crippen molar-refractivity contribution in [3.63, 3.8) is 0 Å². The predicted octanol–water partition coefficient (Wildman–Crippen LogP) is -0.569. The van der Waals surface area contributed by atoms with E-state index in [2.05, 4.69) is 0 Å². The van der Waals surface area contributed by atoms with Crippen molar-refractivity contribution >= 4 is 24.2 Å². The van der Waals surface area contributed by atoms with Gasteiger partial charge in [0.05, 0.1) is 0 Å². The monoisotopic (exact) mass is 236 g/mol. The molecule has 92 valence electrons. The van der Waals surface area contributed by atoms with Gasteiger partial charge in [-0.1, -0.05) is 0 Å². The van der Waals surface area contributed by atoms with E-state index in [-0.39, 0.29) is 11.4 Å². The molecule has 17 heavy (non-hydrogen) atoms. The molecule has 0 fully saturated rings. The largest absolute Gasteiger partial charge is 0.488 e. The van der Waals surface area contributed by atoms with Gasteiger partial charge in [0.1, 0.15) is 0 Å². The van der Waals surface area contributed by atoms with Gasteiger partial charge in [-0.25, -0.2) is 0 Å². The Hall–Kier alpha value is -1.53. The van der Waals surface area contributed by atoms with E-state index >= 15 is 0 Å². The third-order valence-electron chi connectivity index (χ3n) is 2.57. The van der Waals surface area contributed by atoms with E-state index in [0.717, 1.165) is 0 Å². The molecule has 0 bridgehead atoms. The summed E-state index contributed by atoms with van der Waals surface area (Å²) >= 11 is 0. The van der Waals surface area contributed by atoms with Crippen molar-refractivity contribution in [3.8, 4) is 0 Å². The summed E-state index contributed by atoms with van der Waals surface area (Å²) in [5.74, 6) is -0.163. The molecule has 0 saturated carbocycles. The van der Waals surface area contributed by atoms with Gasteiger partial charge in [0.25, 0.3) is 5.91 Å². The molecule has 1 aromatic rings. The van der Waals surface area contributed by atoms with Crippen molar-refractivity contribution in [2.24, 2.45) is 0 Å². The molecule has 1 rings (SSSR count). The third kappa shape index (κ3) is 3.21. The van der Waals surface area contributed by atoms with Crippen molar-refractivity contribution in [1.29, 1.82) is 0 Å². The molecule has 6 heteroatoms. The molecule has 5 nitrogen and oxygen atoms in total. The molecule has 1 amide bonds. The second-order valence-electron chi connectivity index (χ2n) is 3.74. The summed E-state index contributed by atoms with van der Waals surface area (Å²) in [5.41, 5.74) is 6.56. The van der Waals surface area contributed by atoms with E-state index in [0.29, 0.717) is 24.3 Å². The molecule has 0 atom stereocenters. The minimum absolute atomic E-state index is 0.163. The molecule has 0 aliphatic rings. The van der Waals surface area contributed by atoms with Crippen LogP contribution in [-0.4, -0.2) is 41.1 Å². The average Bonchev–Trinajstić information content (AvgIpc) is 2.29. The topological polar surface area (TPSA) is 86.8 Å². The summed E-state index contributed by atoms with van der Waals surface area (Å²) in [5, 5.41) is 18.2. The van der Waals surface area contributed by atoms with Crippen LogP contribution in [0.5, 0.6) is 0 Å². The SMILES string of the molecule is CCN(CC)C(=O)c1cc(N)cc(B(O)O)c1. The lowest BCUT2D eigenvalue weighted by Gasteiger charge is -2.19. The Morgan fingerprint density at radius 3 is 2.35 bits per heavy atom. The number of amides is 1. The second-order valence-corrected chi connectivity index (χ2v) is 3.74. The Balaban J connectivity index is 3.09. The number of hydrogen-bond acceptors (Lipinski definition) is 4. The first-order chi connectivity index (χ1) is 7.99. The zero-order valence-corrected chi connectivity index (χ0v) is 10.1. The minimum atomic E-state index is -1.62. The van der Waals surface area contributed by atoms with Crippen LogP contribution in [0.25, 0.3) is 0 Å². The van der Waals surface area contributed by atoms with Crippen LogP contribution >= 0.6 is 0 Å². The highest BCUT2D eigenvalue weighted by Crippen LogP contribution is 2.09. The maximum absolute atomic E-state index is 12.0. The standard InChI is InChI=1S/C11H17BN2O3/c1-3-14(4-2)11(15)8-5-9(12(16)17)7-10(13)6-8/h5-7,16-17H,3-4,13H2,1-2H3. The van der Waals surface area contributed by atoms with Gasteiger partial charge in [0.15, 0.2) is 0 Å². The highest BCUT2D eigenvalue weighted by atomic mass is 16.4. The molecule has 0 aromatic heterocycles. The number of nitrogens with zero attached hydrogens (tertiary/aromatic N) is 1. The second kappa shape index (κ2) is 5.70. The Morgan fingerprint density at radius 2 is 1.88 bits per heavy atom. The molecular weight excluding hydrogens is 219 g/mol. The highest BCUT2D eigenvalue weighted by Gasteiger charge is 2.17. The van der Waals surface area contributed by atoms with Gasteiger partial charge in [-0.2, -0.15) is 0 Å². The molecule has 0 aliphatic carbocycles. The summed E-state index contributed by atoms with van der Waals surface area (Å²) in [6, 6.07) is 4.41. The maximum Gasteiger partial charge on any atom is 0.488 e. The van der Waals surface area contributed by atoms with Crippen molar-refractivity contribution in [1.82, 2.24) is 4.90 Å². The molecular formula is C11H17BN2O3. The van der Waals surface area contributed by atoms with E-state index in [1.165, 1.54) is 18.2 Å². The molecule has 0 spiro atoms. The number of nitrogens with two attached hydrogens (primary N) is 1. The molecule has 0 radical (unpaired) electrons. The Morgan fingerprint density at radius 1 is 1.29 bits per heavy atom. The van der Waals surface area contributed by atoms with Crippen LogP contribution in [0.2, 0.25) is 0 Å². The summed E-state index contributed by atoms with van der Waals surface area (Å²) < 4.78 is 0. The average molecular weight is 236 g/mol. The van der Waals surface area contributed by atoms with Crippen molar-refractivity contribution in [2.45, 2.75) is 13.8 Å². The Labute approximate surface area is 101 Å². The summed E-state index contributed by atoms with van der Waals surface area (Å²) in [4.78, 5) is 13.7. The number of nitrogen functional groups attached to an aromatic ring is 1. The molecule has 0 unspecified atom stereocenters. The van der Waals surface area contributed by atoms with Crippen LogP contribution in [0.4, 0.5) is 5.69 Å². The summed E-state index contributed by atoms with van der Waals surface area (Å²) in [6.45, 7) is 4.97. The number of rotatable bonds is 4. The van der Waals surface area contributed by atoms with Crippen LogP contribution in [0.1, 0.15) is 24.2 Å². The summed E-state index contributed by atoms with van der Waals surface area (Å²) in [6.07, 6.45) is 0. The van der Waals surface area contributed by atoms with Gasteiger partial charge in [-0.15, -0.1) is 0 Å². The zero-order chi connectivity index (χ0) is 13.0. The third-order valence-corrected chi connectivity index (χ3v) is 2.57. The fraction of sp³-hybridized carbons (Fsp3) is 0.364. The first-order valence-electron chi connectivity index (χ1n) is 5.55. The normalized spacial score (nSPS) is 10.1. The van der Waals surface area contributed by atoms with Crippen LogP contribution < -0.4 is 11.2 Å². The minimum Gasteiger partial charge on any atom is -0.423 e. The quantitative estimate of drug-likeness (QED) is 0.482. The number of anilines is 1. The lowest BCUT2D eigenvalue weighted by molar-refractivity contribution is 0.0773. The van der Waals surface area contributed by atoms with Gasteiger partial charge in [-0.05, 0) is 37.5 Å². The van der Waals surface area contributed by atoms with Crippen LogP contribution in [0, 0.1) is 0 Å². The number of benzene rings is 1. The smallest absolute Gasteiger partial charge is 0.423 e. The molecule has 4 N–H and O–H groups in total. The fourth-order valence-corrected chi connectivity index (χ4v) is 1.64. The van der Waals surface area contributed by atoms with Crippen molar-refractivity contribution in [2.75, 3.05) is 18.8 Å². The fourth-order valence-electron chi connectivity index (χ4n) is 1.64. The van der Waals surface area contributed by atoms with E-state index < -0.39 is 7.12 Å². The van der Waals surface area contributed by atoms with Gasteiger partial charge in [0.2, 0.25) is 0 Å². The van der Waals surface area contributed by atoms with Gasteiger partial charge < -0.3 is 20.7 Å². The van der Waals surface area contributed by atoms with E-state index in [1.807, 2.05) is 13.8 Å². The van der Waals surface area contributed by atoms with E-state index in [4.69, 9.17) is 15.8 Å². The van der Waals surface area contributed by atoms with Gasteiger partial charge in [-0.3, -0.25) is 4.79 Å². The Bertz CT molecular complexity index is 406. The number of hydrogen-bond donors (Lipinski definition) is 3. The van der Waals surface area contributed by atoms with Crippen LogP contribution in [-0.2, 0) is 0 Å². The van der Waals surface area contributed by atoms with E-state index in [1.54, 1.807) is 4.90 Å². The lowest BCUT2D eigenvalue weighted by atomic mass is 9.79. The summed E-state index contributed by atoms with van der Waals surface area (Å²) in [7, 11) is -1.62. The molecule has 0 heterocycles. The number of carbonyl (C=O) groups is 1. The van der Waals surface area contributed by atoms with Gasteiger partial charge >= 0.3 is 7.12 Å². The van der Waals surface area contributed by atoms with Crippen LogP contribution in [0.15, 0.2) is 18.2 Å². The molecule has 1 aromatic carbocycles. The first kappa shape index (κ1) is 13.5. The first-order valence-corrected chi connectivity index (χ1v) is 5.55. The molecule has 0 saturated heterocycles.